The maximum Gasteiger partial charge on any atom is 0.236 e. The van der Waals surface area contributed by atoms with Gasteiger partial charge < -0.3 is 0 Å². The number of hydrogen-bond donors (Lipinski definition) is 1. The first-order valence-corrected chi connectivity index (χ1v) is 13.9. The fourth-order valence-electron chi connectivity index (χ4n) is 3.19. The average Bonchev–Trinajstić information content (AvgIpc) is 3.55. The molecule has 2 aromatic carbocycles. The van der Waals surface area contributed by atoms with Crippen LogP contribution < -0.4 is 5.32 Å². The summed E-state index contributed by atoms with van der Waals surface area (Å²) in [4.78, 5) is 16.8. The molecule has 0 saturated heterocycles. The van der Waals surface area contributed by atoms with Gasteiger partial charge in [0.05, 0.1) is 5.75 Å². The van der Waals surface area contributed by atoms with Crippen LogP contribution in [0.2, 0.25) is 5.02 Å². The number of rotatable bonds is 9. The van der Waals surface area contributed by atoms with Crippen molar-refractivity contribution < 1.29 is 4.79 Å². The minimum atomic E-state index is -0.198. The highest BCUT2D eigenvalue weighted by molar-refractivity contribution is 8.00. The number of halogens is 1. The summed E-state index contributed by atoms with van der Waals surface area (Å²) >= 11 is 10.1. The molecule has 1 N–H and O–H groups in total. The predicted octanol–water partition coefficient (Wildman–Crippen LogP) is 5.86. The van der Waals surface area contributed by atoms with E-state index in [-0.39, 0.29) is 11.7 Å². The fourth-order valence-corrected chi connectivity index (χ4v) is 5.79. The summed E-state index contributed by atoms with van der Waals surface area (Å²) in [7, 11) is 0. The molecule has 0 aliphatic heterocycles. The second kappa shape index (κ2) is 11.7. The molecule has 3 aromatic heterocycles. The second-order valence-corrected chi connectivity index (χ2v) is 10.9. The van der Waals surface area contributed by atoms with Gasteiger partial charge in [0.15, 0.2) is 15.3 Å². The van der Waals surface area contributed by atoms with Crippen molar-refractivity contribution in [1.29, 1.82) is 0 Å². The summed E-state index contributed by atoms with van der Waals surface area (Å²) in [5.41, 5.74) is 2.87. The van der Waals surface area contributed by atoms with E-state index >= 15 is 0 Å². The number of anilines is 1. The van der Waals surface area contributed by atoms with Gasteiger partial charge in [0, 0.05) is 34.4 Å². The molecule has 180 valence electrons. The van der Waals surface area contributed by atoms with Crippen LogP contribution in [0.4, 0.5) is 5.13 Å². The van der Waals surface area contributed by atoms with E-state index in [1.807, 2.05) is 71.3 Å². The molecule has 0 fully saturated rings. The molecule has 8 nitrogen and oxygen atoms in total. The minimum absolute atomic E-state index is 0.144. The Morgan fingerprint density at radius 1 is 0.944 bits per heavy atom. The number of para-hydroxylation sites is 1. The Hall–Kier alpha value is -3.25. The van der Waals surface area contributed by atoms with Crippen LogP contribution in [0, 0.1) is 0 Å². The number of nitrogens with zero attached hydrogens (tertiary/aromatic N) is 6. The molecule has 0 aliphatic rings. The van der Waals surface area contributed by atoms with Gasteiger partial charge >= 0.3 is 0 Å². The number of carbonyl (C=O) groups is 1. The zero-order chi connectivity index (χ0) is 24.7. The molecule has 0 unspecified atom stereocenters. The third-order valence-electron chi connectivity index (χ3n) is 4.83. The van der Waals surface area contributed by atoms with Gasteiger partial charge in [-0.05, 0) is 42.0 Å². The first-order chi connectivity index (χ1) is 17.7. The van der Waals surface area contributed by atoms with E-state index in [2.05, 4.69) is 30.7 Å². The quantitative estimate of drug-likeness (QED) is 0.180. The second-order valence-electron chi connectivity index (χ2n) is 7.34. The maximum absolute atomic E-state index is 12.7. The summed E-state index contributed by atoms with van der Waals surface area (Å²) in [6.07, 6.45) is 3.45. The highest BCUT2D eigenvalue weighted by atomic mass is 35.5. The molecule has 12 heteroatoms. The summed E-state index contributed by atoms with van der Waals surface area (Å²) in [5, 5.41) is 21.6. The zero-order valence-electron chi connectivity index (χ0n) is 18.6. The van der Waals surface area contributed by atoms with Crippen molar-refractivity contribution in [3.05, 3.63) is 89.7 Å². The number of benzene rings is 2. The van der Waals surface area contributed by atoms with Gasteiger partial charge in [-0.1, -0.05) is 76.8 Å². The van der Waals surface area contributed by atoms with Crippen molar-refractivity contribution in [2.45, 2.75) is 15.2 Å². The van der Waals surface area contributed by atoms with E-state index in [0.29, 0.717) is 21.1 Å². The van der Waals surface area contributed by atoms with Crippen LogP contribution in [0.5, 0.6) is 0 Å². The van der Waals surface area contributed by atoms with Crippen molar-refractivity contribution in [2.24, 2.45) is 0 Å². The predicted molar refractivity (Wildman–Crippen MR) is 145 cm³/mol. The van der Waals surface area contributed by atoms with Crippen LogP contribution in [0.15, 0.2) is 88.6 Å². The van der Waals surface area contributed by atoms with Crippen LogP contribution >= 0.6 is 46.5 Å². The van der Waals surface area contributed by atoms with Crippen LogP contribution in [-0.2, 0) is 10.5 Å². The first-order valence-electron chi connectivity index (χ1n) is 10.7. The fraction of sp³-hybridized carbons (Fsp3) is 0.0833. The summed E-state index contributed by atoms with van der Waals surface area (Å²) in [6.45, 7) is 0. The molecule has 36 heavy (non-hydrogen) atoms. The van der Waals surface area contributed by atoms with E-state index < -0.39 is 0 Å². The number of hydrogen-bond acceptors (Lipinski definition) is 9. The van der Waals surface area contributed by atoms with Gasteiger partial charge in [-0.15, -0.1) is 20.4 Å². The Balaban J connectivity index is 1.23. The number of carbonyl (C=O) groups excluding carboxylic acids is 1. The lowest BCUT2D eigenvalue weighted by Gasteiger charge is -2.10. The Labute approximate surface area is 224 Å². The van der Waals surface area contributed by atoms with Crippen LogP contribution in [0.25, 0.3) is 17.1 Å². The van der Waals surface area contributed by atoms with E-state index in [0.717, 1.165) is 26.9 Å². The molecule has 0 bridgehead atoms. The molecule has 0 atom stereocenters. The van der Waals surface area contributed by atoms with Crippen molar-refractivity contribution in [3.63, 3.8) is 0 Å². The molecule has 0 saturated carbocycles. The third-order valence-corrected chi connectivity index (χ3v) is 8.05. The Morgan fingerprint density at radius 3 is 2.56 bits per heavy atom. The third kappa shape index (κ3) is 6.11. The monoisotopic (exact) mass is 551 g/mol. The van der Waals surface area contributed by atoms with Crippen molar-refractivity contribution in [2.75, 3.05) is 11.1 Å². The topological polar surface area (TPSA) is 98.5 Å². The van der Waals surface area contributed by atoms with E-state index in [9.17, 15) is 4.79 Å². The lowest BCUT2D eigenvalue weighted by atomic mass is 10.2. The van der Waals surface area contributed by atoms with Crippen molar-refractivity contribution in [3.8, 4) is 17.1 Å². The van der Waals surface area contributed by atoms with E-state index in [4.69, 9.17) is 11.6 Å². The molecule has 5 rings (SSSR count). The van der Waals surface area contributed by atoms with Crippen LogP contribution in [-0.4, -0.2) is 41.6 Å². The number of aromatic nitrogens is 6. The van der Waals surface area contributed by atoms with E-state index in [1.54, 1.807) is 24.2 Å². The molecule has 0 aliphatic carbocycles. The molecule has 0 spiro atoms. The summed E-state index contributed by atoms with van der Waals surface area (Å²) in [6, 6.07) is 21.2. The summed E-state index contributed by atoms with van der Waals surface area (Å²) < 4.78 is 2.70. The van der Waals surface area contributed by atoms with Crippen LogP contribution in [0.1, 0.15) is 5.56 Å². The van der Waals surface area contributed by atoms with Gasteiger partial charge in [0.25, 0.3) is 0 Å². The highest BCUT2D eigenvalue weighted by Gasteiger charge is 2.18. The van der Waals surface area contributed by atoms with Crippen LogP contribution in [0.3, 0.4) is 0 Å². The molecular weight excluding hydrogens is 534 g/mol. The normalized spacial score (nSPS) is 10.9. The zero-order valence-corrected chi connectivity index (χ0v) is 21.8. The largest absolute Gasteiger partial charge is 0.300 e. The number of nitrogens with one attached hydrogen (secondary N) is 1. The smallest absolute Gasteiger partial charge is 0.236 e. The SMILES string of the molecule is O=C(CSc1nnc(-c2cccnc2)n1-c1ccccc1)Nc1nnc(SCc2ccc(Cl)cc2)s1. The van der Waals surface area contributed by atoms with Crippen molar-refractivity contribution >= 4 is 57.5 Å². The van der Waals surface area contributed by atoms with E-state index in [1.165, 1.54) is 23.1 Å². The van der Waals surface area contributed by atoms with Crippen molar-refractivity contribution in [1.82, 2.24) is 29.9 Å². The molecule has 3 heterocycles. The molecular formula is C24H18ClN7OS3. The van der Waals surface area contributed by atoms with Gasteiger partial charge in [-0.25, -0.2) is 0 Å². The number of thioether (sulfide) groups is 2. The Bertz CT molecular complexity index is 1440. The Kier molecular flexibility index (Phi) is 7.91. The van der Waals surface area contributed by atoms with Gasteiger partial charge in [0.2, 0.25) is 11.0 Å². The van der Waals surface area contributed by atoms with Gasteiger partial charge in [-0.3, -0.25) is 19.7 Å². The Morgan fingerprint density at radius 2 is 1.78 bits per heavy atom. The standard InChI is InChI=1S/C24H18ClN7OS3/c25-18-10-8-16(9-11-18)14-35-24-31-29-22(36-24)27-20(33)15-34-23-30-28-21(17-5-4-12-26-13-17)32(23)19-6-2-1-3-7-19/h1-13H,14-15H2,(H,27,29,33). The molecule has 0 radical (unpaired) electrons. The highest BCUT2D eigenvalue weighted by Crippen LogP contribution is 2.30. The lowest BCUT2D eigenvalue weighted by Crippen LogP contribution is -2.14. The number of pyridine rings is 1. The summed E-state index contributed by atoms with van der Waals surface area (Å²) in [5.74, 6) is 1.34. The number of amides is 1. The average molecular weight is 552 g/mol. The molecule has 5 aromatic rings. The first kappa shape index (κ1) is 24.4. The van der Waals surface area contributed by atoms with Gasteiger partial charge in [-0.2, -0.15) is 0 Å². The minimum Gasteiger partial charge on any atom is -0.300 e. The maximum atomic E-state index is 12.7. The lowest BCUT2D eigenvalue weighted by molar-refractivity contribution is -0.113. The van der Waals surface area contributed by atoms with Gasteiger partial charge in [0.1, 0.15) is 0 Å². The molecule has 1 amide bonds.